The van der Waals surface area contributed by atoms with Crippen molar-refractivity contribution in [2.24, 2.45) is 5.92 Å². The number of para-hydroxylation sites is 1. The third-order valence-corrected chi connectivity index (χ3v) is 9.44. The molecule has 0 amide bonds. The smallest absolute Gasteiger partial charge is 0.349 e. The lowest BCUT2D eigenvalue weighted by Gasteiger charge is -2.52. The Bertz CT molecular complexity index is 1050. The number of aryl methyl sites for hydroxylation is 1. The van der Waals surface area contributed by atoms with Gasteiger partial charge in [-0.2, -0.15) is 0 Å². The van der Waals surface area contributed by atoms with E-state index in [-0.39, 0.29) is 6.10 Å². The zero-order chi connectivity index (χ0) is 23.6. The number of quaternary nitrogens is 1. The van der Waals surface area contributed by atoms with Crippen molar-refractivity contribution in [3.63, 3.8) is 0 Å². The highest BCUT2D eigenvalue weighted by atomic mass is 32.1. The molecule has 2 bridgehead atoms. The summed E-state index contributed by atoms with van der Waals surface area (Å²) in [6.07, 6.45) is 2.94. The minimum atomic E-state index is -1.74. The van der Waals surface area contributed by atoms with Crippen molar-refractivity contribution in [1.29, 1.82) is 0 Å². The van der Waals surface area contributed by atoms with Crippen LogP contribution in [0.2, 0.25) is 0 Å². The van der Waals surface area contributed by atoms with Crippen molar-refractivity contribution in [3.05, 3.63) is 74.6 Å². The molecule has 1 aromatic carbocycles. The van der Waals surface area contributed by atoms with E-state index in [1.54, 1.807) is 0 Å². The lowest BCUT2D eigenvalue weighted by Crippen LogP contribution is -2.65. The van der Waals surface area contributed by atoms with Crippen molar-refractivity contribution < 1.29 is 23.9 Å². The summed E-state index contributed by atoms with van der Waals surface area (Å²) in [4.78, 5) is 14.7. The molecule has 3 fully saturated rings. The minimum Gasteiger partial charge on any atom is -0.493 e. The largest absolute Gasteiger partial charge is 0.493 e. The summed E-state index contributed by atoms with van der Waals surface area (Å²) in [5, 5.41) is 15.4. The van der Waals surface area contributed by atoms with Gasteiger partial charge in [-0.3, -0.25) is 0 Å². The third-order valence-electron chi connectivity index (χ3n) is 7.48. The Kier molecular flexibility index (Phi) is 6.80. The van der Waals surface area contributed by atoms with Crippen LogP contribution < -0.4 is 4.74 Å². The number of fused-ring (bicyclic) bond motifs is 3. The van der Waals surface area contributed by atoms with Gasteiger partial charge in [0, 0.05) is 25.2 Å². The molecule has 3 saturated heterocycles. The number of ether oxygens (including phenoxy) is 2. The maximum absolute atomic E-state index is 13.5. The van der Waals surface area contributed by atoms with Crippen molar-refractivity contribution in [2.75, 3.05) is 32.8 Å². The number of aliphatic hydroxyl groups is 1. The van der Waals surface area contributed by atoms with Crippen LogP contribution in [0.25, 0.3) is 0 Å². The fourth-order valence-corrected chi connectivity index (χ4v) is 7.20. The van der Waals surface area contributed by atoms with Gasteiger partial charge < -0.3 is 19.1 Å². The number of hydrogen-bond donors (Lipinski definition) is 1. The molecule has 6 rings (SSSR count). The third kappa shape index (κ3) is 4.54. The van der Waals surface area contributed by atoms with Crippen LogP contribution in [0.1, 0.15) is 34.6 Å². The Morgan fingerprint density at radius 1 is 1.06 bits per heavy atom. The van der Waals surface area contributed by atoms with Crippen LogP contribution in [0, 0.1) is 12.8 Å². The fraction of sp³-hybridized carbons (Fsp3) is 0.444. The summed E-state index contributed by atoms with van der Waals surface area (Å²) in [7, 11) is 0. The van der Waals surface area contributed by atoms with E-state index in [0.29, 0.717) is 22.3 Å². The lowest BCUT2D eigenvalue weighted by atomic mass is 9.83. The number of esters is 1. The van der Waals surface area contributed by atoms with Gasteiger partial charge in [-0.15, -0.1) is 22.7 Å². The highest BCUT2D eigenvalue weighted by molar-refractivity contribution is 7.12. The molecule has 0 aliphatic carbocycles. The van der Waals surface area contributed by atoms with Gasteiger partial charge in [0.1, 0.15) is 12.3 Å². The molecule has 1 unspecified atom stereocenters. The van der Waals surface area contributed by atoms with Crippen LogP contribution in [-0.2, 0) is 15.1 Å². The quantitative estimate of drug-likeness (QED) is 0.257. The van der Waals surface area contributed by atoms with Gasteiger partial charge in [-0.25, -0.2) is 4.79 Å². The van der Waals surface area contributed by atoms with Gasteiger partial charge in [0.2, 0.25) is 5.60 Å². The SMILES string of the molecule is Cc1ccccc1OCCC[N+]12CCC(CC1)C(OC(=O)C(O)(c1cccs1)c1cccs1)C2. The molecule has 3 aliphatic heterocycles. The molecular formula is C27H32NO4S2+. The van der Waals surface area contributed by atoms with E-state index in [1.165, 1.54) is 22.7 Å². The molecule has 7 heteroatoms. The van der Waals surface area contributed by atoms with Crippen molar-refractivity contribution in [2.45, 2.75) is 37.9 Å². The van der Waals surface area contributed by atoms with Gasteiger partial charge in [0.25, 0.3) is 0 Å². The second-order valence-corrected chi connectivity index (χ2v) is 11.5. The van der Waals surface area contributed by atoms with Crippen LogP contribution in [0.15, 0.2) is 59.3 Å². The Morgan fingerprint density at radius 3 is 2.35 bits per heavy atom. The van der Waals surface area contributed by atoms with Crippen LogP contribution in [0.4, 0.5) is 0 Å². The number of hydrogen-bond acceptors (Lipinski definition) is 6. The Hall–Kier alpha value is -2.19. The number of benzene rings is 1. The first kappa shape index (κ1) is 23.5. The van der Waals surface area contributed by atoms with Crippen LogP contribution in [0.5, 0.6) is 5.75 Å². The van der Waals surface area contributed by atoms with Gasteiger partial charge in [0.15, 0.2) is 6.10 Å². The van der Waals surface area contributed by atoms with Crippen molar-refractivity contribution in [3.8, 4) is 5.75 Å². The number of carbonyl (C=O) groups excluding carboxylic acids is 1. The molecule has 3 aromatic rings. The number of piperidine rings is 3. The molecule has 1 N–H and O–H groups in total. The summed E-state index contributed by atoms with van der Waals surface area (Å²) in [6.45, 7) is 6.86. The second-order valence-electron chi connectivity index (χ2n) is 9.61. The van der Waals surface area contributed by atoms with Gasteiger partial charge in [0.05, 0.1) is 36.0 Å². The Labute approximate surface area is 209 Å². The first-order valence-corrected chi connectivity index (χ1v) is 13.8. The molecule has 180 valence electrons. The van der Waals surface area contributed by atoms with E-state index in [0.717, 1.165) is 61.2 Å². The minimum absolute atomic E-state index is 0.154. The van der Waals surface area contributed by atoms with Crippen LogP contribution in [0.3, 0.4) is 0 Å². The zero-order valence-electron chi connectivity index (χ0n) is 19.5. The summed E-state index contributed by atoms with van der Waals surface area (Å²) >= 11 is 2.77. The zero-order valence-corrected chi connectivity index (χ0v) is 21.2. The number of thiophene rings is 2. The van der Waals surface area contributed by atoms with E-state index in [9.17, 15) is 9.90 Å². The van der Waals surface area contributed by atoms with Crippen LogP contribution >= 0.6 is 22.7 Å². The Morgan fingerprint density at radius 2 is 1.74 bits per heavy atom. The topological polar surface area (TPSA) is 55.8 Å². The highest BCUT2D eigenvalue weighted by Crippen LogP contribution is 2.40. The predicted octanol–water partition coefficient (Wildman–Crippen LogP) is 4.98. The van der Waals surface area contributed by atoms with Gasteiger partial charge >= 0.3 is 5.97 Å². The fourth-order valence-electron chi connectivity index (χ4n) is 5.48. The number of rotatable bonds is 9. The first-order chi connectivity index (χ1) is 16.5. The average Bonchev–Trinajstić information content (AvgIpc) is 3.58. The lowest BCUT2D eigenvalue weighted by molar-refractivity contribution is -0.946. The average molecular weight is 499 g/mol. The maximum atomic E-state index is 13.5. The van der Waals surface area contributed by atoms with E-state index >= 15 is 0 Å². The molecule has 0 spiro atoms. The van der Waals surface area contributed by atoms with Gasteiger partial charge in [-0.1, -0.05) is 30.3 Å². The molecule has 0 saturated carbocycles. The normalized spacial score (nSPS) is 24.2. The summed E-state index contributed by atoms with van der Waals surface area (Å²) < 4.78 is 13.1. The Balaban J connectivity index is 1.23. The van der Waals surface area contributed by atoms with E-state index < -0.39 is 11.6 Å². The molecule has 1 atom stereocenters. The predicted molar refractivity (Wildman–Crippen MR) is 135 cm³/mol. The van der Waals surface area contributed by atoms with Crippen molar-refractivity contribution >= 4 is 28.6 Å². The number of nitrogens with zero attached hydrogens (tertiary/aromatic N) is 1. The molecule has 5 nitrogen and oxygen atoms in total. The number of carbonyl (C=O) groups is 1. The molecule has 5 heterocycles. The van der Waals surface area contributed by atoms with E-state index in [2.05, 4.69) is 13.0 Å². The van der Waals surface area contributed by atoms with Gasteiger partial charge in [-0.05, 0) is 41.4 Å². The van der Waals surface area contributed by atoms with E-state index in [1.807, 2.05) is 53.2 Å². The molecule has 2 aromatic heterocycles. The van der Waals surface area contributed by atoms with E-state index in [4.69, 9.17) is 9.47 Å². The van der Waals surface area contributed by atoms with Crippen molar-refractivity contribution in [1.82, 2.24) is 0 Å². The monoisotopic (exact) mass is 498 g/mol. The molecule has 3 aliphatic rings. The summed E-state index contributed by atoms with van der Waals surface area (Å²) in [5.74, 6) is 0.786. The summed E-state index contributed by atoms with van der Waals surface area (Å²) in [5.41, 5.74) is -0.579. The second kappa shape index (κ2) is 9.82. The molecule has 0 radical (unpaired) electrons. The summed E-state index contributed by atoms with van der Waals surface area (Å²) in [6, 6.07) is 15.5. The highest BCUT2D eigenvalue weighted by Gasteiger charge is 2.51. The standard InChI is InChI=1S/C27H32NO4S2/c1-20-7-2-3-8-22(20)31-16-6-13-28-14-11-21(12-15-28)23(19-28)32-26(29)27(30,24-9-4-17-33-24)25-10-5-18-34-25/h2-5,7-10,17-18,21,23,30H,6,11-16,19H2,1H3/q+1. The molecular weight excluding hydrogens is 466 g/mol. The maximum Gasteiger partial charge on any atom is 0.349 e. The molecule has 34 heavy (non-hydrogen) atoms. The van der Waals surface area contributed by atoms with Crippen LogP contribution in [-0.4, -0.2) is 54.4 Å². The first-order valence-electron chi connectivity index (χ1n) is 12.1.